The average molecular weight is 465 g/mol. The average Bonchev–Trinajstić information content (AvgIpc) is 3.22. The Balaban J connectivity index is 1.66. The molecule has 9 nitrogen and oxygen atoms in total. The number of anilines is 1. The monoisotopic (exact) mass is 464 g/mol. The van der Waals surface area contributed by atoms with Crippen LogP contribution < -0.4 is 15.0 Å². The summed E-state index contributed by atoms with van der Waals surface area (Å²) < 4.78 is 8.03. The quantitative estimate of drug-likeness (QED) is 0.584. The normalized spacial score (nSPS) is 16.4. The maximum Gasteiger partial charge on any atom is 0.407 e. The molecule has 1 aliphatic heterocycles. The van der Waals surface area contributed by atoms with Gasteiger partial charge in [0.1, 0.15) is 24.4 Å². The van der Waals surface area contributed by atoms with E-state index in [1.165, 1.54) is 14.0 Å². The lowest BCUT2D eigenvalue weighted by Gasteiger charge is -2.27. The summed E-state index contributed by atoms with van der Waals surface area (Å²) in [4.78, 5) is 40.1. The van der Waals surface area contributed by atoms with Gasteiger partial charge in [-0.25, -0.2) is 4.79 Å². The molecule has 0 saturated carbocycles. The summed E-state index contributed by atoms with van der Waals surface area (Å²) in [5.74, 6) is -0.350. The van der Waals surface area contributed by atoms with Gasteiger partial charge in [-0.15, -0.1) is 0 Å². The molecule has 2 heterocycles. The number of hydrogen-bond donors (Lipinski definition) is 2. The predicted molar refractivity (Wildman–Crippen MR) is 128 cm³/mol. The number of aryl methyl sites for hydroxylation is 1. The molecule has 3 amide bonds. The zero-order chi connectivity index (χ0) is 24.4. The standard InChI is InChI=1S/C25H28N4O5/c1-4-28-13-12-18-17(8-7-10-20(18)28)14-29-21-9-5-6-11-22(21)34-15-19(24(29)31)26-23(30)16(2)27(3)25(32)33/h5-13,16,19H,4,14-15H2,1-3H3,(H,26,30)(H,32,33)/t16-,19-/m0/s1. The Labute approximate surface area is 197 Å². The molecule has 0 saturated heterocycles. The molecule has 2 atom stereocenters. The number of benzene rings is 2. The van der Waals surface area contributed by atoms with Gasteiger partial charge < -0.3 is 24.6 Å². The van der Waals surface area contributed by atoms with E-state index in [1.807, 2.05) is 48.7 Å². The van der Waals surface area contributed by atoms with E-state index in [0.29, 0.717) is 18.0 Å². The molecule has 34 heavy (non-hydrogen) atoms. The van der Waals surface area contributed by atoms with Crippen molar-refractivity contribution in [3.63, 3.8) is 0 Å². The first-order valence-corrected chi connectivity index (χ1v) is 11.2. The van der Waals surface area contributed by atoms with E-state index in [9.17, 15) is 19.5 Å². The minimum absolute atomic E-state index is 0.0575. The Morgan fingerprint density at radius 2 is 1.97 bits per heavy atom. The van der Waals surface area contributed by atoms with Gasteiger partial charge in [0, 0.05) is 30.7 Å². The smallest absolute Gasteiger partial charge is 0.407 e. The first-order chi connectivity index (χ1) is 16.3. The largest absolute Gasteiger partial charge is 0.489 e. The second kappa shape index (κ2) is 9.46. The van der Waals surface area contributed by atoms with Crippen LogP contribution in [-0.4, -0.2) is 58.2 Å². The van der Waals surface area contributed by atoms with Crippen LogP contribution in [0.25, 0.3) is 10.9 Å². The van der Waals surface area contributed by atoms with Crippen molar-refractivity contribution in [2.24, 2.45) is 0 Å². The number of carbonyl (C=O) groups is 3. The highest BCUT2D eigenvalue weighted by Crippen LogP contribution is 2.33. The van der Waals surface area contributed by atoms with Crippen molar-refractivity contribution in [2.75, 3.05) is 18.6 Å². The molecule has 0 unspecified atom stereocenters. The third-order valence-electron chi connectivity index (χ3n) is 6.28. The number of carbonyl (C=O) groups excluding carboxylic acids is 2. The van der Waals surface area contributed by atoms with E-state index < -0.39 is 24.1 Å². The number of rotatable bonds is 6. The molecule has 2 aromatic carbocycles. The molecular formula is C25H28N4O5. The van der Waals surface area contributed by atoms with Gasteiger partial charge in [0.05, 0.1) is 12.2 Å². The van der Waals surface area contributed by atoms with Gasteiger partial charge in [-0.05, 0) is 43.7 Å². The fourth-order valence-corrected chi connectivity index (χ4v) is 4.12. The lowest BCUT2D eigenvalue weighted by Crippen LogP contribution is -2.55. The number of carboxylic acid groups (broad SMARTS) is 1. The van der Waals surface area contributed by atoms with Crippen molar-refractivity contribution < 1.29 is 24.2 Å². The molecule has 2 N–H and O–H groups in total. The first-order valence-electron chi connectivity index (χ1n) is 11.2. The number of likely N-dealkylation sites (N-methyl/N-ethyl adjacent to an activating group) is 1. The fraction of sp³-hybridized carbons (Fsp3) is 0.320. The van der Waals surface area contributed by atoms with Crippen molar-refractivity contribution in [1.82, 2.24) is 14.8 Å². The van der Waals surface area contributed by atoms with Crippen LogP contribution in [0.2, 0.25) is 0 Å². The molecule has 0 aliphatic carbocycles. The van der Waals surface area contributed by atoms with E-state index in [2.05, 4.69) is 16.8 Å². The summed E-state index contributed by atoms with van der Waals surface area (Å²) in [7, 11) is 1.31. The summed E-state index contributed by atoms with van der Waals surface area (Å²) in [5, 5.41) is 12.9. The molecule has 0 fully saturated rings. The van der Waals surface area contributed by atoms with E-state index >= 15 is 0 Å². The van der Waals surface area contributed by atoms with E-state index in [-0.39, 0.29) is 12.5 Å². The van der Waals surface area contributed by atoms with Crippen LogP contribution in [0.15, 0.2) is 54.7 Å². The molecule has 4 rings (SSSR count). The van der Waals surface area contributed by atoms with E-state index in [1.54, 1.807) is 11.0 Å². The maximum absolute atomic E-state index is 13.7. The molecule has 0 bridgehead atoms. The van der Waals surface area contributed by atoms with Crippen molar-refractivity contribution in [2.45, 2.75) is 39.0 Å². The molecule has 1 aromatic heterocycles. The zero-order valence-electron chi connectivity index (χ0n) is 19.4. The molecule has 3 aromatic rings. The number of nitrogens with zero attached hydrogens (tertiary/aromatic N) is 3. The topological polar surface area (TPSA) is 104 Å². The molecular weight excluding hydrogens is 436 g/mol. The van der Waals surface area contributed by atoms with Crippen LogP contribution in [0, 0.1) is 0 Å². The van der Waals surface area contributed by atoms with Gasteiger partial charge in [0.2, 0.25) is 5.91 Å². The van der Waals surface area contributed by atoms with Crippen molar-refractivity contribution in [3.8, 4) is 5.75 Å². The lowest BCUT2D eigenvalue weighted by atomic mass is 10.1. The van der Waals surface area contributed by atoms with E-state index in [4.69, 9.17) is 4.74 Å². The van der Waals surface area contributed by atoms with Gasteiger partial charge in [-0.1, -0.05) is 24.3 Å². The summed E-state index contributed by atoms with van der Waals surface area (Å²) >= 11 is 0. The number of nitrogens with one attached hydrogen (secondary N) is 1. The Bertz CT molecular complexity index is 1240. The second-order valence-electron chi connectivity index (χ2n) is 8.29. The number of fused-ring (bicyclic) bond motifs is 2. The van der Waals surface area contributed by atoms with Gasteiger partial charge in [-0.3, -0.25) is 14.5 Å². The number of para-hydroxylation sites is 2. The number of ether oxygens (including phenoxy) is 1. The molecule has 0 spiro atoms. The highest BCUT2D eigenvalue weighted by molar-refractivity contribution is 6.02. The van der Waals surface area contributed by atoms with Crippen LogP contribution >= 0.6 is 0 Å². The van der Waals surface area contributed by atoms with Gasteiger partial charge in [-0.2, -0.15) is 0 Å². The third-order valence-corrected chi connectivity index (χ3v) is 6.28. The van der Waals surface area contributed by atoms with Gasteiger partial charge in [0.15, 0.2) is 0 Å². The van der Waals surface area contributed by atoms with E-state index in [0.717, 1.165) is 27.9 Å². The van der Waals surface area contributed by atoms with Gasteiger partial charge >= 0.3 is 6.09 Å². The fourth-order valence-electron chi connectivity index (χ4n) is 4.12. The molecule has 0 radical (unpaired) electrons. The summed E-state index contributed by atoms with van der Waals surface area (Å²) in [6, 6.07) is 13.4. The summed E-state index contributed by atoms with van der Waals surface area (Å²) in [5.41, 5.74) is 2.67. The number of aromatic nitrogens is 1. The van der Waals surface area contributed by atoms with Crippen LogP contribution in [-0.2, 0) is 22.7 Å². The zero-order valence-corrected chi connectivity index (χ0v) is 19.4. The van der Waals surface area contributed by atoms with Crippen LogP contribution in [0.1, 0.15) is 19.4 Å². The van der Waals surface area contributed by atoms with Crippen molar-refractivity contribution in [1.29, 1.82) is 0 Å². The van der Waals surface area contributed by atoms with Crippen molar-refractivity contribution in [3.05, 3.63) is 60.3 Å². The molecule has 178 valence electrons. The SMILES string of the molecule is CCn1ccc2c(CN3C(=O)[C@@H](NC(=O)[C@H](C)N(C)C(=O)O)COc4ccccc43)cccc21. The predicted octanol–water partition coefficient (Wildman–Crippen LogP) is 3.07. The minimum Gasteiger partial charge on any atom is -0.489 e. The number of amides is 3. The van der Waals surface area contributed by atoms with Crippen molar-refractivity contribution >= 4 is 34.5 Å². The Kier molecular flexibility index (Phi) is 6.45. The molecule has 1 aliphatic rings. The second-order valence-corrected chi connectivity index (χ2v) is 8.29. The summed E-state index contributed by atoms with van der Waals surface area (Å²) in [6.07, 6.45) is 0.797. The lowest BCUT2D eigenvalue weighted by molar-refractivity contribution is -0.130. The Hall–Kier alpha value is -4.01. The first kappa shape index (κ1) is 23.2. The molecule has 9 heteroatoms. The van der Waals surface area contributed by atoms with Crippen LogP contribution in [0.4, 0.5) is 10.5 Å². The minimum atomic E-state index is -1.23. The Morgan fingerprint density at radius 1 is 1.21 bits per heavy atom. The van der Waals surface area contributed by atoms with Crippen LogP contribution in [0.3, 0.4) is 0 Å². The van der Waals surface area contributed by atoms with Gasteiger partial charge in [0.25, 0.3) is 5.91 Å². The highest BCUT2D eigenvalue weighted by Gasteiger charge is 2.34. The Morgan fingerprint density at radius 3 is 2.71 bits per heavy atom. The highest BCUT2D eigenvalue weighted by atomic mass is 16.5. The maximum atomic E-state index is 13.7. The number of hydrogen-bond acceptors (Lipinski definition) is 4. The summed E-state index contributed by atoms with van der Waals surface area (Å²) in [6.45, 7) is 4.62. The van der Waals surface area contributed by atoms with Crippen LogP contribution in [0.5, 0.6) is 5.75 Å². The third kappa shape index (κ3) is 4.28.